The van der Waals surface area contributed by atoms with Gasteiger partial charge in [0.05, 0.1) is 12.6 Å². The molecule has 19 heavy (non-hydrogen) atoms. The molecule has 0 aliphatic carbocycles. The third-order valence-corrected chi connectivity index (χ3v) is 3.76. The Hall–Kier alpha value is -1.53. The van der Waals surface area contributed by atoms with Crippen LogP contribution in [0.4, 0.5) is 4.79 Å². The van der Waals surface area contributed by atoms with Crippen LogP contribution in [0.15, 0.2) is 30.3 Å². The van der Waals surface area contributed by atoms with E-state index in [2.05, 4.69) is 10.6 Å². The van der Waals surface area contributed by atoms with E-state index in [0.717, 1.165) is 17.3 Å². The molecule has 0 saturated carbocycles. The summed E-state index contributed by atoms with van der Waals surface area (Å²) in [7, 11) is 0. The summed E-state index contributed by atoms with van der Waals surface area (Å²) >= 11 is 1.10. The minimum absolute atomic E-state index is 0.131. The van der Waals surface area contributed by atoms with Crippen LogP contribution in [-0.4, -0.2) is 40.7 Å². The van der Waals surface area contributed by atoms with E-state index in [4.69, 9.17) is 0 Å². The van der Waals surface area contributed by atoms with E-state index in [-0.39, 0.29) is 23.8 Å². The van der Waals surface area contributed by atoms with Crippen LogP contribution in [-0.2, 0) is 11.2 Å². The molecule has 1 saturated heterocycles. The van der Waals surface area contributed by atoms with Gasteiger partial charge >= 0.3 is 0 Å². The predicted molar refractivity (Wildman–Crippen MR) is 73.9 cm³/mol. The topological polar surface area (TPSA) is 78.4 Å². The van der Waals surface area contributed by atoms with Crippen LogP contribution in [0.2, 0.25) is 0 Å². The minimum Gasteiger partial charge on any atom is -0.394 e. The van der Waals surface area contributed by atoms with Crippen LogP contribution in [0.25, 0.3) is 0 Å². The van der Waals surface area contributed by atoms with Crippen LogP contribution in [0.1, 0.15) is 5.56 Å². The average molecular weight is 280 g/mol. The number of amides is 2. The maximum absolute atomic E-state index is 11.9. The van der Waals surface area contributed by atoms with Gasteiger partial charge in [0.15, 0.2) is 0 Å². The summed E-state index contributed by atoms with van der Waals surface area (Å²) in [6, 6.07) is 8.81. The Morgan fingerprint density at radius 3 is 2.79 bits per heavy atom. The van der Waals surface area contributed by atoms with Crippen molar-refractivity contribution >= 4 is 22.9 Å². The SMILES string of the molecule is O=C1NC(C(=O)N[C@H](CO)Cc2ccccc2)CS1. The zero-order chi connectivity index (χ0) is 13.7. The fraction of sp³-hybridized carbons (Fsp3) is 0.385. The van der Waals surface area contributed by atoms with Crippen molar-refractivity contribution in [1.29, 1.82) is 0 Å². The summed E-state index contributed by atoms with van der Waals surface area (Å²) in [5.41, 5.74) is 1.05. The molecule has 2 amide bonds. The Balaban J connectivity index is 1.88. The molecule has 6 heteroatoms. The molecular weight excluding hydrogens is 264 g/mol. The molecular formula is C13H16N2O3S. The van der Waals surface area contributed by atoms with Crippen molar-refractivity contribution in [3.05, 3.63) is 35.9 Å². The molecule has 1 unspecified atom stereocenters. The second-order valence-corrected chi connectivity index (χ2v) is 5.37. The van der Waals surface area contributed by atoms with Crippen molar-refractivity contribution < 1.29 is 14.7 Å². The summed E-state index contributed by atoms with van der Waals surface area (Å²) in [5.74, 6) is 0.196. The van der Waals surface area contributed by atoms with Crippen molar-refractivity contribution in [2.24, 2.45) is 0 Å². The Kier molecular flexibility index (Phi) is 4.81. The first-order valence-corrected chi connectivity index (χ1v) is 7.06. The Morgan fingerprint density at radius 2 is 2.21 bits per heavy atom. The minimum atomic E-state index is -0.498. The van der Waals surface area contributed by atoms with Gasteiger partial charge in [0.25, 0.3) is 5.24 Å². The molecule has 0 aromatic heterocycles. The molecule has 3 N–H and O–H groups in total. The molecule has 0 radical (unpaired) electrons. The van der Waals surface area contributed by atoms with Crippen LogP contribution in [0, 0.1) is 0 Å². The second kappa shape index (κ2) is 6.58. The number of hydrogen-bond donors (Lipinski definition) is 3. The number of benzene rings is 1. The van der Waals surface area contributed by atoms with Gasteiger partial charge in [0.1, 0.15) is 6.04 Å². The highest BCUT2D eigenvalue weighted by atomic mass is 32.2. The standard InChI is InChI=1S/C13H16N2O3S/c16-7-10(6-9-4-2-1-3-5-9)14-12(17)11-8-19-13(18)15-11/h1-5,10-11,16H,6-8H2,(H,14,17)(H,15,18)/t10-,11?/m0/s1. The zero-order valence-electron chi connectivity index (χ0n) is 10.3. The van der Waals surface area contributed by atoms with Gasteiger partial charge < -0.3 is 15.7 Å². The van der Waals surface area contributed by atoms with Gasteiger partial charge in [-0.2, -0.15) is 0 Å². The fourth-order valence-corrected chi connectivity index (χ4v) is 2.67. The quantitative estimate of drug-likeness (QED) is 0.735. The zero-order valence-corrected chi connectivity index (χ0v) is 11.2. The van der Waals surface area contributed by atoms with Gasteiger partial charge in [-0.05, 0) is 12.0 Å². The van der Waals surface area contributed by atoms with Gasteiger partial charge in [0, 0.05) is 5.75 Å². The van der Waals surface area contributed by atoms with E-state index in [0.29, 0.717) is 12.2 Å². The number of nitrogens with one attached hydrogen (secondary N) is 2. The number of aliphatic hydroxyl groups is 1. The average Bonchev–Trinajstić information content (AvgIpc) is 2.86. The van der Waals surface area contributed by atoms with Gasteiger partial charge in [-0.1, -0.05) is 42.1 Å². The van der Waals surface area contributed by atoms with E-state index in [1.807, 2.05) is 30.3 Å². The number of hydrogen-bond acceptors (Lipinski definition) is 4. The lowest BCUT2D eigenvalue weighted by Gasteiger charge is -2.18. The lowest BCUT2D eigenvalue weighted by molar-refractivity contribution is -0.123. The molecule has 1 aliphatic rings. The van der Waals surface area contributed by atoms with Gasteiger partial charge in [-0.15, -0.1) is 0 Å². The molecule has 1 aliphatic heterocycles. The number of aliphatic hydroxyl groups excluding tert-OH is 1. The van der Waals surface area contributed by atoms with E-state index in [9.17, 15) is 14.7 Å². The van der Waals surface area contributed by atoms with Gasteiger partial charge in [-0.3, -0.25) is 9.59 Å². The normalized spacial score (nSPS) is 19.8. The van der Waals surface area contributed by atoms with Crippen LogP contribution in [0.3, 0.4) is 0 Å². The smallest absolute Gasteiger partial charge is 0.279 e. The van der Waals surface area contributed by atoms with Crippen LogP contribution in [0.5, 0.6) is 0 Å². The largest absolute Gasteiger partial charge is 0.394 e. The van der Waals surface area contributed by atoms with Crippen LogP contribution < -0.4 is 10.6 Å². The molecule has 1 heterocycles. The number of rotatable bonds is 5. The van der Waals surface area contributed by atoms with Gasteiger partial charge in [0.2, 0.25) is 5.91 Å². The summed E-state index contributed by atoms with van der Waals surface area (Å²) in [6.45, 7) is -0.131. The Bertz CT molecular complexity index is 452. The lowest BCUT2D eigenvalue weighted by atomic mass is 10.1. The Morgan fingerprint density at radius 1 is 1.47 bits per heavy atom. The summed E-state index contributed by atoms with van der Waals surface area (Å²) < 4.78 is 0. The first-order chi connectivity index (χ1) is 9.19. The third kappa shape index (κ3) is 3.97. The molecule has 1 aromatic rings. The fourth-order valence-electron chi connectivity index (χ4n) is 1.89. The molecule has 5 nitrogen and oxygen atoms in total. The second-order valence-electron chi connectivity index (χ2n) is 4.37. The summed E-state index contributed by atoms with van der Waals surface area (Å²) in [5, 5.41) is 14.5. The van der Waals surface area contributed by atoms with E-state index in [1.165, 1.54) is 0 Å². The highest BCUT2D eigenvalue weighted by Crippen LogP contribution is 2.13. The molecule has 102 valence electrons. The molecule has 1 aromatic carbocycles. The maximum Gasteiger partial charge on any atom is 0.279 e. The maximum atomic E-state index is 11.9. The number of carbonyl (C=O) groups is 2. The first-order valence-electron chi connectivity index (χ1n) is 6.07. The van der Waals surface area contributed by atoms with Crippen molar-refractivity contribution in [3.8, 4) is 0 Å². The molecule has 0 spiro atoms. The number of thioether (sulfide) groups is 1. The van der Waals surface area contributed by atoms with Crippen molar-refractivity contribution in [2.75, 3.05) is 12.4 Å². The van der Waals surface area contributed by atoms with Crippen molar-refractivity contribution in [1.82, 2.24) is 10.6 Å². The lowest BCUT2D eigenvalue weighted by Crippen LogP contribution is -2.48. The summed E-state index contributed by atoms with van der Waals surface area (Å²) in [6.07, 6.45) is 0.566. The third-order valence-electron chi connectivity index (χ3n) is 2.88. The van der Waals surface area contributed by atoms with Crippen LogP contribution >= 0.6 is 11.8 Å². The highest BCUT2D eigenvalue weighted by Gasteiger charge is 2.29. The van der Waals surface area contributed by atoms with Gasteiger partial charge in [-0.25, -0.2) is 0 Å². The molecule has 0 bridgehead atoms. The molecule has 2 atom stereocenters. The monoisotopic (exact) mass is 280 g/mol. The summed E-state index contributed by atoms with van der Waals surface area (Å²) in [4.78, 5) is 22.9. The molecule has 2 rings (SSSR count). The Labute approximate surface area is 115 Å². The number of carbonyl (C=O) groups excluding carboxylic acids is 2. The van der Waals surface area contributed by atoms with Crippen molar-refractivity contribution in [2.45, 2.75) is 18.5 Å². The van der Waals surface area contributed by atoms with E-state index >= 15 is 0 Å². The first kappa shape index (κ1) is 13.9. The predicted octanol–water partition coefficient (Wildman–Crippen LogP) is 0.531. The molecule has 1 fully saturated rings. The van der Waals surface area contributed by atoms with E-state index < -0.39 is 6.04 Å². The highest BCUT2D eigenvalue weighted by molar-refractivity contribution is 8.14. The van der Waals surface area contributed by atoms with Crippen molar-refractivity contribution in [3.63, 3.8) is 0 Å². The van der Waals surface area contributed by atoms with E-state index in [1.54, 1.807) is 0 Å².